The maximum atomic E-state index is 13.0. The normalized spacial score (nSPS) is 10.8. The Kier molecular flexibility index (Phi) is 2.75. The molecule has 0 aliphatic carbocycles. The van der Waals surface area contributed by atoms with Gasteiger partial charge in [-0.25, -0.2) is 13.9 Å². The van der Waals surface area contributed by atoms with Crippen LogP contribution in [-0.2, 0) is 6.61 Å². The van der Waals surface area contributed by atoms with E-state index in [0.717, 1.165) is 0 Å². The van der Waals surface area contributed by atoms with Crippen molar-refractivity contribution in [1.82, 2.24) is 14.6 Å². The topological polar surface area (TPSA) is 65.4 Å². The molecule has 0 saturated carbocycles. The molecule has 3 aromatic rings. The Morgan fingerprint density at radius 2 is 2.16 bits per heavy atom. The van der Waals surface area contributed by atoms with E-state index in [1.54, 1.807) is 35.0 Å². The van der Waals surface area contributed by atoms with Crippen LogP contribution in [0.2, 0.25) is 0 Å². The number of nitrogens with two attached hydrogens (primary N) is 1. The first-order chi connectivity index (χ1) is 9.22. The van der Waals surface area contributed by atoms with Gasteiger partial charge in [0, 0.05) is 12.3 Å². The van der Waals surface area contributed by atoms with Gasteiger partial charge in [-0.05, 0) is 24.3 Å². The lowest BCUT2D eigenvalue weighted by atomic mass is 10.3. The van der Waals surface area contributed by atoms with Gasteiger partial charge in [0.05, 0.1) is 5.69 Å². The zero-order chi connectivity index (χ0) is 13.2. The number of hydrogen-bond donors (Lipinski definition) is 1. The van der Waals surface area contributed by atoms with Crippen LogP contribution in [0.1, 0.15) is 5.82 Å². The second-order valence-electron chi connectivity index (χ2n) is 4.01. The van der Waals surface area contributed by atoms with Crippen molar-refractivity contribution >= 4 is 11.3 Å². The molecule has 1 aromatic carbocycles. The molecule has 0 aliphatic rings. The molecular weight excluding hydrogens is 247 g/mol. The predicted octanol–water partition coefficient (Wildman–Crippen LogP) is 2.03. The standard InChI is InChI=1S/C13H11FN4O/c14-9-3-1-4-10(7-9)19-8-12-16-13-11(15)5-2-6-18(13)17-12/h1-7H,8,15H2. The fraction of sp³-hybridized carbons (Fsp3) is 0.0769. The second-order valence-corrected chi connectivity index (χ2v) is 4.01. The Hall–Kier alpha value is -2.63. The lowest BCUT2D eigenvalue weighted by Crippen LogP contribution is -1.98. The van der Waals surface area contributed by atoms with Crippen LogP contribution in [-0.4, -0.2) is 14.6 Å². The summed E-state index contributed by atoms with van der Waals surface area (Å²) in [6, 6.07) is 9.46. The van der Waals surface area contributed by atoms with Crippen molar-refractivity contribution in [2.45, 2.75) is 6.61 Å². The maximum Gasteiger partial charge on any atom is 0.189 e. The molecule has 3 rings (SSSR count). The zero-order valence-electron chi connectivity index (χ0n) is 9.95. The van der Waals surface area contributed by atoms with Gasteiger partial charge in [-0.15, -0.1) is 5.10 Å². The Labute approximate surface area is 108 Å². The number of hydrogen-bond acceptors (Lipinski definition) is 4. The van der Waals surface area contributed by atoms with Crippen LogP contribution in [0.5, 0.6) is 5.75 Å². The van der Waals surface area contributed by atoms with Gasteiger partial charge in [0.15, 0.2) is 11.5 Å². The zero-order valence-corrected chi connectivity index (χ0v) is 9.95. The fourth-order valence-corrected chi connectivity index (χ4v) is 1.74. The molecular formula is C13H11FN4O. The van der Waals surface area contributed by atoms with Gasteiger partial charge in [-0.3, -0.25) is 0 Å². The summed E-state index contributed by atoms with van der Waals surface area (Å²) in [5, 5.41) is 4.22. The molecule has 0 spiro atoms. The van der Waals surface area contributed by atoms with E-state index in [1.807, 2.05) is 0 Å². The summed E-state index contributed by atoms with van der Waals surface area (Å²) >= 11 is 0. The summed E-state index contributed by atoms with van der Waals surface area (Å²) in [5.74, 6) is 0.582. The number of pyridine rings is 1. The highest BCUT2D eigenvalue weighted by Crippen LogP contribution is 2.14. The Morgan fingerprint density at radius 3 is 2.95 bits per heavy atom. The molecule has 0 saturated heterocycles. The first kappa shape index (κ1) is 11.5. The van der Waals surface area contributed by atoms with Crippen LogP contribution in [0.25, 0.3) is 5.65 Å². The molecule has 2 aromatic heterocycles. The van der Waals surface area contributed by atoms with Crippen LogP contribution in [0, 0.1) is 5.82 Å². The lowest BCUT2D eigenvalue weighted by molar-refractivity contribution is 0.294. The molecule has 96 valence electrons. The number of aromatic nitrogens is 3. The number of nitrogens with zero attached hydrogens (tertiary/aromatic N) is 3. The molecule has 2 heterocycles. The minimum atomic E-state index is -0.343. The van der Waals surface area contributed by atoms with Gasteiger partial charge in [0.25, 0.3) is 0 Å². The van der Waals surface area contributed by atoms with Crippen LogP contribution in [0.4, 0.5) is 10.1 Å². The van der Waals surface area contributed by atoms with Crippen molar-refractivity contribution < 1.29 is 9.13 Å². The smallest absolute Gasteiger partial charge is 0.189 e. The minimum absolute atomic E-state index is 0.157. The van der Waals surface area contributed by atoms with Gasteiger partial charge >= 0.3 is 0 Å². The Morgan fingerprint density at radius 1 is 1.26 bits per heavy atom. The van der Waals surface area contributed by atoms with Gasteiger partial charge in [0.2, 0.25) is 0 Å². The molecule has 19 heavy (non-hydrogen) atoms. The molecule has 0 radical (unpaired) electrons. The van der Waals surface area contributed by atoms with Crippen molar-refractivity contribution in [3.63, 3.8) is 0 Å². The van der Waals surface area contributed by atoms with Crippen molar-refractivity contribution in [1.29, 1.82) is 0 Å². The average molecular weight is 258 g/mol. The summed E-state index contributed by atoms with van der Waals surface area (Å²) in [6.45, 7) is 0.157. The van der Waals surface area contributed by atoms with E-state index in [1.165, 1.54) is 12.1 Å². The molecule has 0 bridgehead atoms. The molecule has 2 N–H and O–H groups in total. The monoisotopic (exact) mass is 258 g/mol. The van der Waals surface area contributed by atoms with Crippen LogP contribution >= 0.6 is 0 Å². The highest BCUT2D eigenvalue weighted by molar-refractivity contribution is 5.63. The molecule has 5 nitrogen and oxygen atoms in total. The third kappa shape index (κ3) is 2.33. The van der Waals surface area contributed by atoms with E-state index in [9.17, 15) is 4.39 Å². The van der Waals surface area contributed by atoms with Gasteiger partial charge in [0.1, 0.15) is 18.2 Å². The highest BCUT2D eigenvalue weighted by Gasteiger charge is 2.06. The number of anilines is 1. The number of benzene rings is 1. The molecule has 0 fully saturated rings. The Balaban J connectivity index is 1.80. The van der Waals surface area contributed by atoms with E-state index < -0.39 is 0 Å². The average Bonchev–Trinajstić information content (AvgIpc) is 2.81. The molecule has 0 amide bonds. The number of ether oxygens (including phenoxy) is 1. The van der Waals surface area contributed by atoms with E-state index in [4.69, 9.17) is 10.5 Å². The maximum absolute atomic E-state index is 13.0. The third-order valence-corrected chi connectivity index (χ3v) is 2.60. The lowest BCUT2D eigenvalue weighted by Gasteiger charge is -2.02. The van der Waals surface area contributed by atoms with E-state index >= 15 is 0 Å². The first-order valence-corrected chi connectivity index (χ1v) is 5.70. The first-order valence-electron chi connectivity index (χ1n) is 5.70. The van der Waals surface area contributed by atoms with Crippen LogP contribution in [0.3, 0.4) is 0 Å². The predicted molar refractivity (Wildman–Crippen MR) is 68.1 cm³/mol. The van der Waals surface area contributed by atoms with Crippen LogP contribution < -0.4 is 10.5 Å². The van der Waals surface area contributed by atoms with Crippen LogP contribution in [0.15, 0.2) is 42.6 Å². The molecule has 0 unspecified atom stereocenters. The molecule has 6 heteroatoms. The number of fused-ring (bicyclic) bond motifs is 1. The van der Waals surface area contributed by atoms with E-state index in [2.05, 4.69) is 10.1 Å². The Bertz CT molecular complexity index is 725. The van der Waals surface area contributed by atoms with Crippen molar-refractivity contribution in [3.05, 3.63) is 54.2 Å². The quantitative estimate of drug-likeness (QED) is 0.780. The summed E-state index contributed by atoms with van der Waals surface area (Å²) in [7, 11) is 0. The molecule has 0 aliphatic heterocycles. The largest absolute Gasteiger partial charge is 0.485 e. The third-order valence-electron chi connectivity index (χ3n) is 2.60. The fourth-order valence-electron chi connectivity index (χ4n) is 1.74. The number of halogens is 1. The summed E-state index contributed by atoms with van der Waals surface area (Å²) in [5.41, 5.74) is 6.91. The summed E-state index contributed by atoms with van der Waals surface area (Å²) in [4.78, 5) is 4.26. The van der Waals surface area contributed by atoms with Gasteiger partial charge < -0.3 is 10.5 Å². The SMILES string of the molecule is Nc1cccn2nc(COc3cccc(F)c3)nc12. The summed E-state index contributed by atoms with van der Waals surface area (Å²) in [6.07, 6.45) is 1.75. The van der Waals surface area contributed by atoms with Crippen molar-refractivity contribution in [2.75, 3.05) is 5.73 Å². The van der Waals surface area contributed by atoms with E-state index in [-0.39, 0.29) is 12.4 Å². The molecule has 0 atom stereocenters. The van der Waals surface area contributed by atoms with Gasteiger partial charge in [-0.2, -0.15) is 0 Å². The second kappa shape index (κ2) is 4.56. The number of rotatable bonds is 3. The van der Waals surface area contributed by atoms with Gasteiger partial charge in [-0.1, -0.05) is 6.07 Å². The van der Waals surface area contributed by atoms with Crippen molar-refractivity contribution in [2.24, 2.45) is 0 Å². The number of nitrogen functional groups attached to an aromatic ring is 1. The highest BCUT2D eigenvalue weighted by atomic mass is 19.1. The van der Waals surface area contributed by atoms with Crippen molar-refractivity contribution in [3.8, 4) is 5.75 Å². The minimum Gasteiger partial charge on any atom is -0.485 e. The summed E-state index contributed by atoms with van der Waals surface area (Å²) < 4.78 is 20.0. The van der Waals surface area contributed by atoms with E-state index in [0.29, 0.717) is 22.9 Å².